The van der Waals surface area contributed by atoms with Crippen molar-refractivity contribution in [3.8, 4) is 0 Å². The highest BCUT2D eigenvalue weighted by Gasteiger charge is 2.24. The predicted octanol–water partition coefficient (Wildman–Crippen LogP) is 2.85. The number of carbonyl (C=O) groups is 1. The zero-order valence-corrected chi connectivity index (χ0v) is 11.4. The van der Waals surface area contributed by atoms with Gasteiger partial charge in [0.2, 0.25) is 5.91 Å². The van der Waals surface area contributed by atoms with Crippen LogP contribution in [-0.4, -0.2) is 22.3 Å². The number of hydrogen-bond donors (Lipinski definition) is 0. The summed E-state index contributed by atoms with van der Waals surface area (Å²) >= 11 is 3.44. The summed E-state index contributed by atoms with van der Waals surface area (Å²) in [5.41, 5.74) is 0.896. The van der Waals surface area contributed by atoms with Gasteiger partial charge in [0.1, 0.15) is 0 Å². The Balaban J connectivity index is 2.87. The second-order valence-electron chi connectivity index (χ2n) is 3.93. The van der Waals surface area contributed by atoms with Crippen LogP contribution in [0.25, 0.3) is 0 Å². The molecule has 16 heavy (non-hydrogen) atoms. The lowest BCUT2D eigenvalue weighted by atomic mass is 10.1. The third kappa shape index (κ3) is 3.04. The van der Waals surface area contributed by atoms with Gasteiger partial charge in [-0.3, -0.25) is 9.78 Å². The highest BCUT2D eigenvalue weighted by atomic mass is 79.9. The molecule has 0 saturated carbocycles. The number of alkyl halides is 1. The van der Waals surface area contributed by atoms with Gasteiger partial charge in [0.15, 0.2) is 0 Å². The maximum absolute atomic E-state index is 12.2. The molecule has 0 aromatic carbocycles. The molecule has 0 saturated heterocycles. The highest BCUT2D eigenvalue weighted by Crippen LogP contribution is 2.20. The van der Waals surface area contributed by atoms with E-state index >= 15 is 0 Å². The van der Waals surface area contributed by atoms with E-state index in [9.17, 15) is 4.79 Å². The van der Waals surface area contributed by atoms with Gasteiger partial charge in [-0.25, -0.2) is 0 Å². The third-order valence-electron chi connectivity index (χ3n) is 2.38. The summed E-state index contributed by atoms with van der Waals surface area (Å²) < 4.78 is 0. The van der Waals surface area contributed by atoms with Crippen molar-refractivity contribution in [2.45, 2.75) is 25.6 Å². The van der Waals surface area contributed by atoms with E-state index in [1.165, 1.54) is 0 Å². The summed E-state index contributed by atoms with van der Waals surface area (Å²) in [5.74, 6) is 0.382. The number of pyridine rings is 1. The topological polar surface area (TPSA) is 33.2 Å². The molecule has 3 nitrogen and oxygen atoms in total. The molecule has 1 amide bonds. The molecule has 88 valence electrons. The van der Waals surface area contributed by atoms with Crippen LogP contribution in [0.3, 0.4) is 0 Å². The second kappa shape index (κ2) is 5.99. The van der Waals surface area contributed by atoms with Gasteiger partial charge in [-0.05, 0) is 25.0 Å². The molecule has 0 aliphatic rings. The molecule has 0 aliphatic carbocycles. The van der Waals surface area contributed by atoms with Gasteiger partial charge in [0.25, 0.3) is 0 Å². The largest absolute Gasteiger partial charge is 0.312 e. The van der Waals surface area contributed by atoms with Crippen molar-refractivity contribution in [2.24, 2.45) is 5.92 Å². The molecule has 4 heteroatoms. The van der Waals surface area contributed by atoms with Crippen molar-refractivity contribution in [1.29, 1.82) is 0 Å². The lowest BCUT2D eigenvalue weighted by Crippen LogP contribution is -2.38. The van der Waals surface area contributed by atoms with E-state index in [0.717, 1.165) is 5.69 Å². The van der Waals surface area contributed by atoms with Gasteiger partial charge in [-0.2, -0.15) is 0 Å². The lowest BCUT2D eigenvalue weighted by Gasteiger charge is -2.25. The van der Waals surface area contributed by atoms with E-state index in [2.05, 4.69) is 20.9 Å². The van der Waals surface area contributed by atoms with Gasteiger partial charge < -0.3 is 4.90 Å². The van der Waals surface area contributed by atoms with E-state index in [1.54, 1.807) is 17.3 Å². The minimum Gasteiger partial charge on any atom is -0.312 e. The van der Waals surface area contributed by atoms with Crippen molar-refractivity contribution in [3.63, 3.8) is 0 Å². The standard InChI is InChI=1S/C12H17BrN2O/c1-4-15(10-5-7-14-8-6-10)12(16)11(13)9(2)3/h5-9,11H,4H2,1-3H3. The Hall–Kier alpha value is -0.900. The van der Waals surface area contributed by atoms with Crippen molar-refractivity contribution in [2.75, 3.05) is 11.4 Å². The highest BCUT2D eigenvalue weighted by molar-refractivity contribution is 9.10. The monoisotopic (exact) mass is 284 g/mol. The van der Waals surface area contributed by atoms with Crippen molar-refractivity contribution < 1.29 is 4.79 Å². The average Bonchev–Trinajstić information content (AvgIpc) is 2.30. The number of carbonyl (C=O) groups excluding carboxylic acids is 1. The van der Waals surface area contributed by atoms with E-state index in [1.807, 2.05) is 32.9 Å². The molecule has 0 N–H and O–H groups in total. The van der Waals surface area contributed by atoms with Crippen LogP contribution in [-0.2, 0) is 4.79 Å². The Bertz CT molecular complexity index is 340. The summed E-state index contributed by atoms with van der Waals surface area (Å²) in [4.78, 5) is 17.8. The number of aromatic nitrogens is 1. The van der Waals surface area contributed by atoms with Gasteiger partial charge in [-0.1, -0.05) is 29.8 Å². The number of nitrogens with zero attached hydrogens (tertiary/aromatic N) is 2. The fraction of sp³-hybridized carbons (Fsp3) is 0.500. The Kier molecular flexibility index (Phi) is 4.93. The molecule has 0 aliphatic heterocycles. The number of hydrogen-bond acceptors (Lipinski definition) is 2. The van der Waals surface area contributed by atoms with Crippen LogP contribution in [0.2, 0.25) is 0 Å². The first kappa shape index (κ1) is 13.2. The molecule has 0 radical (unpaired) electrons. The number of rotatable bonds is 4. The maximum Gasteiger partial charge on any atom is 0.241 e. The predicted molar refractivity (Wildman–Crippen MR) is 69.8 cm³/mol. The van der Waals surface area contributed by atoms with E-state index < -0.39 is 0 Å². The molecule has 0 spiro atoms. The Morgan fingerprint density at radius 3 is 2.44 bits per heavy atom. The summed E-state index contributed by atoms with van der Waals surface area (Å²) in [7, 11) is 0. The zero-order chi connectivity index (χ0) is 12.1. The van der Waals surface area contributed by atoms with Crippen molar-refractivity contribution in [1.82, 2.24) is 4.98 Å². The molecule has 1 aromatic heterocycles. The quantitative estimate of drug-likeness (QED) is 0.797. The summed E-state index contributed by atoms with van der Waals surface area (Å²) in [5, 5.41) is 0. The van der Waals surface area contributed by atoms with Gasteiger partial charge >= 0.3 is 0 Å². The van der Waals surface area contributed by atoms with E-state index in [4.69, 9.17) is 0 Å². The zero-order valence-electron chi connectivity index (χ0n) is 9.85. The smallest absolute Gasteiger partial charge is 0.241 e. The Morgan fingerprint density at radius 1 is 1.44 bits per heavy atom. The van der Waals surface area contributed by atoms with Crippen molar-refractivity contribution >= 4 is 27.5 Å². The minimum atomic E-state index is -0.138. The van der Waals surface area contributed by atoms with E-state index in [0.29, 0.717) is 6.54 Å². The van der Waals surface area contributed by atoms with Crippen LogP contribution in [0, 0.1) is 5.92 Å². The fourth-order valence-corrected chi connectivity index (χ4v) is 1.67. The van der Waals surface area contributed by atoms with E-state index in [-0.39, 0.29) is 16.7 Å². The van der Waals surface area contributed by atoms with Crippen LogP contribution in [0.4, 0.5) is 5.69 Å². The molecule has 1 aromatic rings. The first-order valence-electron chi connectivity index (χ1n) is 5.43. The summed E-state index contributed by atoms with van der Waals surface area (Å²) in [6.07, 6.45) is 3.40. The summed E-state index contributed by atoms with van der Waals surface area (Å²) in [6.45, 7) is 6.69. The van der Waals surface area contributed by atoms with Gasteiger partial charge in [0.05, 0.1) is 4.83 Å². The summed E-state index contributed by atoms with van der Waals surface area (Å²) in [6, 6.07) is 3.70. The maximum atomic E-state index is 12.2. The fourth-order valence-electron chi connectivity index (χ4n) is 1.42. The number of halogens is 1. The third-order valence-corrected chi connectivity index (χ3v) is 3.83. The molecular weight excluding hydrogens is 268 g/mol. The lowest BCUT2D eigenvalue weighted by molar-refractivity contribution is -0.118. The first-order valence-corrected chi connectivity index (χ1v) is 6.35. The van der Waals surface area contributed by atoms with Crippen LogP contribution in [0.1, 0.15) is 20.8 Å². The van der Waals surface area contributed by atoms with Crippen LogP contribution < -0.4 is 4.90 Å². The van der Waals surface area contributed by atoms with Crippen LogP contribution in [0.5, 0.6) is 0 Å². The molecular formula is C12H17BrN2O. The Morgan fingerprint density at radius 2 is 2.00 bits per heavy atom. The number of anilines is 1. The normalized spacial score (nSPS) is 12.6. The molecule has 0 fully saturated rings. The molecule has 0 bridgehead atoms. The molecule has 1 rings (SSSR count). The Labute approximate surface area is 105 Å². The molecule has 1 atom stereocenters. The minimum absolute atomic E-state index is 0.101. The molecule has 1 unspecified atom stereocenters. The SMILES string of the molecule is CCN(C(=O)C(Br)C(C)C)c1ccncc1. The van der Waals surface area contributed by atoms with Gasteiger partial charge in [0, 0.05) is 24.6 Å². The average molecular weight is 285 g/mol. The molecule has 1 heterocycles. The van der Waals surface area contributed by atoms with Crippen LogP contribution >= 0.6 is 15.9 Å². The van der Waals surface area contributed by atoms with Crippen molar-refractivity contribution in [3.05, 3.63) is 24.5 Å². The second-order valence-corrected chi connectivity index (χ2v) is 4.92. The number of amides is 1. The van der Waals surface area contributed by atoms with Crippen LogP contribution in [0.15, 0.2) is 24.5 Å². The van der Waals surface area contributed by atoms with Gasteiger partial charge in [-0.15, -0.1) is 0 Å². The first-order chi connectivity index (χ1) is 7.57.